The Morgan fingerprint density at radius 3 is 2.62 bits per heavy atom. The molecule has 0 aliphatic carbocycles. The number of nitrogens with zero attached hydrogens (tertiary/aromatic N) is 2. The Balaban J connectivity index is 1.74. The molecule has 3 N–H and O–H groups in total. The number of halogens is 1. The Hall–Kier alpha value is -1.60. The van der Waals surface area contributed by atoms with Gasteiger partial charge < -0.3 is 16.0 Å². The maximum absolute atomic E-state index is 12.1. The van der Waals surface area contributed by atoms with Crippen LogP contribution in [0.5, 0.6) is 0 Å². The van der Waals surface area contributed by atoms with E-state index in [4.69, 9.17) is 4.99 Å². The molecule has 1 atom stereocenters. The zero-order valence-electron chi connectivity index (χ0n) is 15.7. The third-order valence-electron chi connectivity index (χ3n) is 4.52. The van der Waals surface area contributed by atoms with E-state index in [9.17, 15) is 4.79 Å². The normalized spacial score (nSPS) is 18.0. The molecule has 2 rings (SSSR count). The molecule has 0 radical (unpaired) electrons. The van der Waals surface area contributed by atoms with Crippen LogP contribution in [-0.4, -0.2) is 62.1 Å². The van der Waals surface area contributed by atoms with E-state index in [2.05, 4.69) is 50.6 Å². The van der Waals surface area contributed by atoms with Gasteiger partial charge in [0.1, 0.15) is 0 Å². The van der Waals surface area contributed by atoms with E-state index < -0.39 is 0 Å². The average molecular weight is 424 g/mol. The Bertz CT molecular complexity index is 590. The summed E-state index contributed by atoms with van der Waals surface area (Å²) in [6.07, 6.45) is 2.49. The van der Waals surface area contributed by atoms with E-state index in [0.717, 1.165) is 30.1 Å². The average Bonchev–Trinajstić information content (AvgIpc) is 3.11. The molecule has 144 valence electrons. The number of hydrogen-bond acceptors (Lipinski definition) is 3. The lowest BCUT2D eigenvalue weighted by molar-refractivity contribution is 0.0954. The topological polar surface area (TPSA) is 68.8 Å². The molecule has 1 aliphatic rings. The molecule has 7 heteroatoms. The van der Waals surface area contributed by atoms with Crippen molar-refractivity contribution in [2.75, 3.05) is 39.3 Å². The predicted octanol–water partition coefficient (Wildman–Crippen LogP) is 2.22. The Kier molecular flexibility index (Phi) is 8.91. The second-order valence-corrected chi connectivity index (χ2v) is 7.25. The van der Waals surface area contributed by atoms with Crippen LogP contribution in [0.4, 0.5) is 0 Å². The summed E-state index contributed by atoms with van der Waals surface area (Å²) < 4.78 is 0.964. The number of amides is 1. The van der Waals surface area contributed by atoms with Crippen molar-refractivity contribution in [2.45, 2.75) is 32.7 Å². The molecule has 1 heterocycles. The van der Waals surface area contributed by atoms with Gasteiger partial charge in [-0.25, -0.2) is 0 Å². The monoisotopic (exact) mass is 423 g/mol. The van der Waals surface area contributed by atoms with Crippen molar-refractivity contribution in [3.63, 3.8) is 0 Å². The molecular weight excluding hydrogens is 394 g/mol. The van der Waals surface area contributed by atoms with E-state index in [1.807, 2.05) is 12.1 Å². The van der Waals surface area contributed by atoms with Gasteiger partial charge in [0.25, 0.3) is 5.91 Å². The minimum absolute atomic E-state index is 0.0641. The van der Waals surface area contributed by atoms with Gasteiger partial charge in [-0.05, 0) is 57.1 Å². The zero-order chi connectivity index (χ0) is 18.8. The molecule has 0 aromatic heterocycles. The quantitative estimate of drug-likeness (QED) is 0.340. The minimum atomic E-state index is -0.0641. The number of hydrogen-bond donors (Lipinski definition) is 3. The maximum atomic E-state index is 12.1. The summed E-state index contributed by atoms with van der Waals surface area (Å²) in [5, 5.41) is 9.48. The smallest absolute Gasteiger partial charge is 0.251 e. The number of benzene rings is 1. The first kappa shape index (κ1) is 20.7. The van der Waals surface area contributed by atoms with Crippen LogP contribution in [0, 0.1) is 0 Å². The number of likely N-dealkylation sites (N-methyl/N-ethyl adjacent to an activating group) is 1. The Morgan fingerprint density at radius 2 is 1.92 bits per heavy atom. The molecule has 1 aromatic carbocycles. The summed E-state index contributed by atoms with van der Waals surface area (Å²) in [7, 11) is 0. The van der Waals surface area contributed by atoms with Crippen molar-refractivity contribution in [3.05, 3.63) is 34.3 Å². The maximum Gasteiger partial charge on any atom is 0.251 e. The first-order valence-corrected chi connectivity index (χ1v) is 10.2. The molecule has 0 saturated carbocycles. The second-order valence-electron chi connectivity index (χ2n) is 6.33. The van der Waals surface area contributed by atoms with Gasteiger partial charge >= 0.3 is 0 Å². The van der Waals surface area contributed by atoms with Crippen LogP contribution in [0.15, 0.2) is 33.7 Å². The SMILES string of the molecule is CCNC(=NCC1CCCN1CC)NCCNC(=O)c1ccc(Br)cc1. The van der Waals surface area contributed by atoms with Crippen molar-refractivity contribution in [3.8, 4) is 0 Å². The predicted molar refractivity (Wildman–Crippen MR) is 111 cm³/mol. The third kappa shape index (κ3) is 6.61. The highest BCUT2D eigenvalue weighted by molar-refractivity contribution is 9.10. The van der Waals surface area contributed by atoms with Crippen molar-refractivity contribution in [2.24, 2.45) is 4.99 Å². The summed E-state index contributed by atoms with van der Waals surface area (Å²) in [4.78, 5) is 19.3. The van der Waals surface area contributed by atoms with Crippen molar-refractivity contribution in [1.29, 1.82) is 0 Å². The molecule has 1 saturated heterocycles. The number of carbonyl (C=O) groups excluding carboxylic acids is 1. The number of guanidine groups is 1. The number of likely N-dealkylation sites (tertiary alicyclic amines) is 1. The van der Waals surface area contributed by atoms with Gasteiger partial charge in [0.2, 0.25) is 0 Å². The molecule has 26 heavy (non-hydrogen) atoms. The van der Waals surface area contributed by atoms with Gasteiger partial charge in [-0.2, -0.15) is 0 Å². The molecular formula is C19H30BrN5O. The van der Waals surface area contributed by atoms with Gasteiger partial charge in [-0.3, -0.25) is 14.7 Å². The number of aliphatic imine (C=N–C) groups is 1. The van der Waals surface area contributed by atoms with Crippen LogP contribution in [0.25, 0.3) is 0 Å². The number of carbonyl (C=O) groups is 1. The first-order valence-electron chi connectivity index (χ1n) is 9.44. The highest BCUT2D eigenvalue weighted by atomic mass is 79.9. The van der Waals surface area contributed by atoms with Crippen molar-refractivity contribution >= 4 is 27.8 Å². The summed E-state index contributed by atoms with van der Waals surface area (Å²) >= 11 is 3.37. The van der Waals surface area contributed by atoms with Crippen LogP contribution >= 0.6 is 15.9 Å². The van der Waals surface area contributed by atoms with Crippen LogP contribution in [0.2, 0.25) is 0 Å². The molecule has 1 amide bonds. The molecule has 1 aromatic rings. The van der Waals surface area contributed by atoms with Crippen molar-refractivity contribution < 1.29 is 4.79 Å². The largest absolute Gasteiger partial charge is 0.357 e. The highest BCUT2D eigenvalue weighted by Crippen LogP contribution is 2.16. The van der Waals surface area contributed by atoms with Crippen LogP contribution in [0.3, 0.4) is 0 Å². The minimum Gasteiger partial charge on any atom is -0.357 e. The van der Waals surface area contributed by atoms with E-state index in [1.165, 1.54) is 19.4 Å². The van der Waals surface area contributed by atoms with Gasteiger partial charge in [-0.15, -0.1) is 0 Å². The lowest BCUT2D eigenvalue weighted by atomic mass is 10.2. The summed E-state index contributed by atoms with van der Waals surface area (Å²) in [6, 6.07) is 7.89. The second kappa shape index (κ2) is 11.2. The fourth-order valence-electron chi connectivity index (χ4n) is 3.12. The summed E-state index contributed by atoms with van der Waals surface area (Å²) in [5.74, 6) is 0.749. The third-order valence-corrected chi connectivity index (χ3v) is 5.05. The lowest BCUT2D eigenvalue weighted by Gasteiger charge is -2.21. The highest BCUT2D eigenvalue weighted by Gasteiger charge is 2.22. The van der Waals surface area contributed by atoms with Crippen LogP contribution < -0.4 is 16.0 Å². The van der Waals surface area contributed by atoms with Crippen LogP contribution in [0.1, 0.15) is 37.0 Å². The lowest BCUT2D eigenvalue weighted by Crippen LogP contribution is -2.42. The van der Waals surface area contributed by atoms with E-state index >= 15 is 0 Å². The molecule has 1 unspecified atom stereocenters. The Morgan fingerprint density at radius 1 is 1.19 bits per heavy atom. The summed E-state index contributed by atoms with van der Waals surface area (Å²) in [5.41, 5.74) is 0.662. The molecule has 6 nitrogen and oxygen atoms in total. The number of nitrogens with one attached hydrogen (secondary N) is 3. The van der Waals surface area contributed by atoms with E-state index in [1.54, 1.807) is 12.1 Å². The fourth-order valence-corrected chi connectivity index (χ4v) is 3.38. The standard InChI is InChI=1S/C19H30BrN5O/c1-3-21-19(24-14-17-6-5-13-25(17)4-2)23-12-11-22-18(26)15-7-9-16(20)10-8-15/h7-10,17H,3-6,11-14H2,1-2H3,(H,22,26)(H2,21,23,24). The van der Waals surface area contributed by atoms with E-state index in [0.29, 0.717) is 24.7 Å². The fraction of sp³-hybridized carbons (Fsp3) is 0.579. The molecule has 0 bridgehead atoms. The van der Waals surface area contributed by atoms with E-state index in [-0.39, 0.29) is 5.91 Å². The molecule has 1 fully saturated rings. The first-order chi connectivity index (χ1) is 12.6. The number of rotatable bonds is 8. The molecule has 0 spiro atoms. The summed E-state index contributed by atoms with van der Waals surface area (Å²) in [6.45, 7) is 9.35. The van der Waals surface area contributed by atoms with Crippen molar-refractivity contribution in [1.82, 2.24) is 20.9 Å². The zero-order valence-corrected chi connectivity index (χ0v) is 17.3. The van der Waals surface area contributed by atoms with Crippen LogP contribution in [-0.2, 0) is 0 Å². The van der Waals surface area contributed by atoms with Gasteiger partial charge in [0.15, 0.2) is 5.96 Å². The molecule has 1 aliphatic heterocycles. The Labute approximate surface area is 165 Å². The van der Waals surface area contributed by atoms with Gasteiger partial charge in [0.05, 0.1) is 6.54 Å². The van der Waals surface area contributed by atoms with Gasteiger partial charge in [-0.1, -0.05) is 22.9 Å². The van der Waals surface area contributed by atoms with Gasteiger partial charge in [0, 0.05) is 35.7 Å².